The van der Waals surface area contributed by atoms with E-state index in [-0.39, 0.29) is 11.8 Å². The molecular formula is C22H25N5O3. The van der Waals surface area contributed by atoms with Gasteiger partial charge >= 0.3 is 0 Å². The average Bonchev–Trinajstić information content (AvgIpc) is 3.34. The van der Waals surface area contributed by atoms with Gasteiger partial charge < -0.3 is 9.15 Å². The molecule has 156 valence electrons. The summed E-state index contributed by atoms with van der Waals surface area (Å²) < 4.78 is 10.8. The van der Waals surface area contributed by atoms with Gasteiger partial charge in [0.2, 0.25) is 11.9 Å². The number of nitrogens with one attached hydrogen (secondary N) is 1. The summed E-state index contributed by atoms with van der Waals surface area (Å²) in [5.74, 6) is 1.05. The average molecular weight is 407 g/mol. The van der Waals surface area contributed by atoms with Crippen LogP contribution in [0.25, 0.3) is 22.2 Å². The minimum Gasteiger partial charge on any atom is -0.444 e. The summed E-state index contributed by atoms with van der Waals surface area (Å²) in [6.45, 7) is 3.64. The van der Waals surface area contributed by atoms with Crippen molar-refractivity contribution in [3.8, 4) is 11.3 Å². The highest BCUT2D eigenvalue weighted by molar-refractivity contribution is 5.92. The van der Waals surface area contributed by atoms with Crippen molar-refractivity contribution in [1.82, 2.24) is 19.9 Å². The van der Waals surface area contributed by atoms with Gasteiger partial charge in [-0.15, -0.1) is 0 Å². The van der Waals surface area contributed by atoms with E-state index < -0.39 is 0 Å². The minimum absolute atomic E-state index is 0.0150. The van der Waals surface area contributed by atoms with Gasteiger partial charge in [-0.3, -0.25) is 15.0 Å². The number of carbonyl (C=O) groups is 1. The molecule has 3 aromatic rings. The topological polar surface area (TPSA) is 93.4 Å². The maximum Gasteiger partial charge on any atom is 0.229 e. The second-order valence-electron chi connectivity index (χ2n) is 7.98. The number of aromatic nitrogens is 3. The molecule has 0 radical (unpaired) electrons. The zero-order chi connectivity index (χ0) is 20.3. The van der Waals surface area contributed by atoms with Crippen molar-refractivity contribution in [2.75, 3.05) is 31.6 Å². The van der Waals surface area contributed by atoms with Crippen LogP contribution < -0.4 is 5.32 Å². The van der Waals surface area contributed by atoms with Crippen molar-refractivity contribution in [1.29, 1.82) is 0 Å². The summed E-state index contributed by atoms with van der Waals surface area (Å²) in [6.07, 6.45) is 8.71. The van der Waals surface area contributed by atoms with E-state index in [1.54, 1.807) is 12.4 Å². The van der Waals surface area contributed by atoms with Crippen LogP contribution in [0.5, 0.6) is 0 Å². The van der Waals surface area contributed by atoms with Crippen LogP contribution in [0, 0.1) is 5.92 Å². The third-order valence-electron chi connectivity index (χ3n) is 6.16. The van der Waals surface area contributed by atoms with Crippen LogP contribution in [-0.4, -0.2) is 58.1 Å². The number of benzene rings is 1. The summed E-state index contributed by atoms with van der Waals surface area (Å²) in [4.78, 5) is 28.1. The molecule has 1 N–H and O–H groups in total. The Bertz CT molecular complexity index is 1010. The lowest BCUT2D eigenvalue weighted by molar-refractivity contribution is -0.121. The first-order valence-electron chi connectivity index (χ1n) is 10.5. The number of carbonyl (C=O) groups excluding carboxylic acids is 1. The Morgan fingerprint density at radius 1 is 1.10 bits per heavy atom. The van der Waals surface area contributed by atoms with Crippen LogP contribution in [-0.2, 0) is 9.53 Å². The largest absolute Gasteiger partial charge is 0.444 e. The van der Waals surface area contributed by atoms with E-state index in [2.05, 4.69) is 25.2 Å². The maximum absolute atomic E-state index is 12.8. The lowest BCUT2D eigenvalue weighted by Gasteiger charge is -2.38. The van der Waals surface area contributed by atoms with Crippen molar-refractivity contribution in [3.05, 3.63) is 37.0 Å². The standard InChI is InChI=1S/C22H25N5O3/c28-21(15-3-5-18(6-4-15)27-7-9-29-10-8-27)26-22-24-12-17-2-1-16(11-19(17)25-22)20-13-23-14-30-20/h1-2,11-15,18H,3-10H2,(H,24,25,26,28)/t15-,18+. The monoisotopic (exact) mass is 407 g/mol. The van der Waals surface area contributed by atoms with Gasteiger partial charge in [0.05, 0.1) is 24.9 Å². The van der Waals surface area contributed by atoms with Crippen LogP contribution in [0.3, 0.4) is 0 Å². The van der Waals surface area contributed by atoms with Gasteiger partial charge in [0.25, 0.3) is 0 Å². The highest BCUT2D eigenvalue weighted by Gasteiger charge is 2.30. The molecule has 1 aliphatic carbocycles. The van der Waals surface area contributed by atoms with Gasteiger partial charge in [-0.1, -0.05) is 12.1 Å². The molecule has 2 fully saturated rings. The Morgan fingerprint density at radius 2 is 1.93 bits per heavy atom. The highest BCUT2D eigenvalue weighted by atomic mass is 16.5. The smallest absolute Gasteiger partial charge is 0.229 e. The number of hydrogen-bond acceptors (Lipinski definition) is 7. The van der Waals surface area contributed by atoms with Crippen molar-refractivity contribution < 1.29 is 13.9 Å². The molecule has 1 amide bonds. The fourth-order valence-electron chi connectivity index (χ4n) is 4.45. The summed E-state index contributed by atoms with van der Waals surface area (Å²) in [6, 6.07) is 6.37. The third kappa shape index (κ3) is 4.06. The number of fused-ring (bicyclic) bond motifs is 1. The van der Waals surface area contributed by atoms with E-state index >= 15 is 0 Å². The second kappa shape index (κ2) is 8.49. The lowest BCUT2D eigenvalue weighted by Crippen LogP contribution is -2.45. The number of anilines is 1. The Hall–Kier alpha value is -2.84. The zero-order valence-corrected chi connectivity index (χ0v) is 16.8. The number of morpholine rings is 1. The number of nitrogens with zero attached hydrogens (tertiary/aromatic N) is 4. The van der Waals surface area contributed by atoms with Crippen molar-refractivity contribution >= 4 is 22.8 Å². The Labute approximate surface area is 174 Å². The number of oxazole rings is 1. The molecular weight excluding hydrogens is 382 g/mol. The molecule has 1 aliphatic heterocycles. The van der Waals surface area contributed by atoms with Crippen molar-refractivity contribution in [2.24, 2.45) is 5.92 Å². The lowest BCUT2D eigenvalue weighted by atomic mass is 9.84. The summed E-state index contributed by atoms with van der Waals surface area (Å²) in [5.41, 5.74) is 1.64. The highest BCUT2D eigenvalue weighted by Crippen LogP contribution is 2.29. The third-order valence-corrected chi connectivity index (χ3v) is 6.16. The number of amides is 1. The van der Waals surface area contributed by atoms with Gasteiger partial charge in [-0.25, -0.2) is 15.0 Å². The molecule has 0 atom stereocenters. The summed E-state index contributed by atoms with van der Waals surface area (Å²) >= 11 is 0. The van der Waals surface area contributed by atoms with Crippen LogP contribution in [0.2, 0.25) is 0 Å². The fourth-order valence-corrected chi connectivity index (χ4v) is 4.45. The number of hydrogen-bond donors (Lipinski definition) is 1. The van der Waals surface area contributed by atoms with E-state index in [0.717, 1.165) is 68.5 Å². The summed E-state index contributed by atoms with van der Waals surface area (Å²) in [5, 5.41) is 3.83. The van der Waals surface area contributed by atoms with E-state index in [9.17, 15) is 4.79 Å². The maximum atomic E-state index is 12.8. The summed E-state index contributed by atoms with van der Waals surface area (Å²) in [7, 11) is 0. The normalized spacial score (nSPS) is 22.8. The number of rotatable bonds is 4. The Morgan fingerprint density at radius 3 is 2.70 bits per heavy atom. The second-order valence-corrected chi connectivity index (χ2v) is 7.98. The molecule has 2 aromatic heterocycles. The quantitative estimate of drug-likeness (QED) is 0.710. The minimum atomic E-state index is 0.0150. The van der Waals surface area contributed by atoms with E-state index in [0.29, 0.717) is 17.8 Å². The molecule has 5 rings (SSSR count). The van der Waals surface area contributed by atoms with Gasteiger partial charge in [0.1, 0.15) is 0 Å². The first kappa shape index (κ1) is 19.1. The van der Waals surface area contributed by atoms with Crippen LogP contribution in [0.1, 0.15) is 25.7 Å². The molecule has 8 nitrogen and oxygen atoms in total. The van der Waals surface area contributed by atoms with Gasteiger partial charge in [0.15, 0.2) is 12.2 Å². The molecule has 1 saturated carbocycles. The van der Waals surface area contributed by atoms with Crippen molar-refractivity contribution in [2.45, 2.75) is 31.7 Å². The predicted octanol–water partition coefficient (Wildman–Crippen LogP) is 3.11. The van der Waals surface area contributed by atoms with Gasteiger partial charge in [-0.2, -0.15) is 0 Å². The molecule has 1 saturated heterocycles. The Kier molecular flexibility index (Phi) is 5.42. The molecule has 0 bridgehead atoms. The Balaban J connectivity index is 1.23. The van der Waals surface area contributed by atoms with Gasteiger partial charge in [-0.05, 0) is 31.7 Å². The van der Waals surface area contributed by atoms with Crippen LogP contribution in [0.4, 0.5) is 5.95 Å². The zero-order valence-electron chi connectivity index (χ0n) is 16.8. The van der Waals surface area contributed by atoms with Crippen molar-refractivity contribution in [3.63, 3.8) is 0 Å². The first-order chi connectivity index (χ1) is 14.8. The van der Waals surface area contributed by atoms with Crippen LogP contribution in [0.15, 0.2) is 41.4 Å². The van der Waals surface area contributed by atoms with E-state index in [1.807, 2.05) is 18.2 Å². The van der Waals surface area contributed by atoms with E-state index in [1.165, 1.54) is 6.39 Å². The van der Waals surface area contributed by atoms with Gasteiger partial charge in [0, 0.05) is 42.2 Å². The molecule has 0 unspecified atom stereocenters. The molecule has 2 aliphatic rings. The molecule has 30 heavy (non-hydrogen) atoms. The predicted molar refractivity (Wildman–Crippen MR) is 112 cm³/mol. The first-order valence-corrected chi connectivity index (χ1v) is 10.5. The molecule has 1 aromatic carbocycles. The molecule has 8 heteroatoms. The number of ether oxygens (including phenoxy) is 1. The molecule has 0 spiro atoms. The fraction of sp³-hybridized carbons (Fsp3) is 0.455. The SMILES string of the molecule is O=C(Nc1ncc2ccc(-c3cnco3)cc2n1)[C@H]1CC[C@@H](N2CCOCC2)CC1. The van der Waals surface area contributed by atoms with E-state index in [4.69, 9.17) is 9.15 Å². The molecule has 3 heterocycles. The van der Waals surface area contributed by atoms with Crippen LogP contribution >= 0.6 is 0 Å².